The molecule has 0 atom stereocenters. The van der Waals surface area contributed by atoms with Crippen LogP contribution in [0.15, 0.2) is 29.2 Å². The maximum absolute atomic E-state index is 13.2. The summed E-state index contributed by atoms with van der Waals surface area (Å²) in [7, 11) is -0.866. The first-order chi connectivity index (χ1) is 14.6. The summed E-state index contributed by atoms with van der Waals surface area (Å²) < 4.78 is 40.5. The van der Waals surface area contributed by atoms with Crippen molar-refractivity contribution in [1.29, 1.82) is 0 Å². The maximum Gasteiger partial charge on any atom is 0.255 e. The smallest absolute Gasteiger partial charge is 0.255 e. The van der Waals surface area contributed by atoms with E-state index in [2.05, 4.69) is 18.4 Å². The molecule has 1 fully saturated rings. The number of aryl methyl sites for hydroxylation is 1. The minimum Gasteiger partial charge on any atom is -0.497 e. The minimum absolute atomic E-state index is 0.0593. The normalized spacial score (nSPS) is 15.4. The van der Waals surface area contributed by atoms with E-state index in [0.717, 1.165) is 11.4 Å². The van der Waals surface area contributed by atoms with E-state index in [0.29, 0.717) is 24.4 Å². The van der Waals surface area contributed by atoms with Gasteiger partial charge in [-0.1, -0.05) is 0 Å². The Bertz CT molecular complexity index is 1070. The van der Waals surface area contributed by atoms with Gasteiger partial charge in [-0.2, -0.15) is 4.31 Å². The molecule has 9 heteroatoms. The Morgan fingerprint density at radius 3 is 2.16 bits per heavy atom. The molecule has 3 rings (SSSR count). The molecule has 0 saturated carbocycles. The molecule has 31 heavy (non-hydrogen) atoms. The SMILES string of the molecule is COc1ccc(OC)c(S(=O)(=O)N2CCN(C(=O)c3cc(C)n(C(C)C)c3C)CC2)c1. The van der Waals surface area contributed by atoms with Crippen LogP contribution >= 0.6 is 0 Å². The molecule has 1 aliphatic heterocycles. The third-order valence-corrected chi connectivity index (χ3v) is 7.67. The number of rotatable bonds is 6. The second kappa shape index (κ2) is 8.92. The first-order valence-electron chi connectivity index (χ1n) is 10.3. The third kappa shape index (κ3) is 4.29. The average molecular weight is 450 g/mol. The zero-order chi connectivity index (χ0) is 22.9. The second-order valence-corrected chi connectivity index (χ2v) is 9.87. The Morgan fingerprint density at radius 2 is 1.65 bits per heavy atom. The lowest BCUT2D eigenvalue weighted by Gasteiger charge is -2.34. The molecule has 1 aromatic heterocycles. The van der Waals surface area contributed by atoms with E-state index < -0.39 is 10.0 Å². The molecule has 1 saturated heterocycles. The van der Waals surface area contributed by atoms with Crippen LogP contribution in [0, 0.1) is 13.8 Å². The number of carbonyl (C=O) groups excluding carboxylic acids is 1. The van der Waals surface area contributed by atoms with Crippen molar-refractivity contribution in [2.75, 3.05) is 40.4 Å². The van der Waals surface area contributed by atoms with Crippen LogP contribution in [-0.2, 0) is 10.0 Å². The van der Waals surface area contributed by atoms with Crippen LogP contribution in [0.25, 0.3) is 0 Å². The predicted octanol–water partition coefficient (Wildman–Crippen LogP) is 2.85. The summed E-state index contributed by atoms with van der Waals surface area (Å²) in [5.74, 6) is 0.644. The summed E-state index contributed by atoms with van der Waals surface area (Å²) in [6.45, 7) is 9.22. The lowest BCUT2D eigenvalue weighted by Crippen LogP contribution is -2.50. The lowest BCUT2D eigenvalue weighted by atomic mass is 10.2. The molecule has 0 N–H and O–H groups in total. The van der Waals surface area contributed by atoms with E-state index in [1.807, 2.05) is 19.9 Å². The number of methoxy groups -OCH3 is 2. The Kier molecular flexibility index (Phi) is 6.66. The van der Waals surface area contributed by atoms with Gasteiger partial charge in [-0.15, -0.1) is 0 Å². The van der Waals surface area contributed by atoms with Crippen molar-refractivity contribution < 1.29 is 22.7 Å². The van der Waals surface area contributed by atoms with E-state index in [4.69, 9.17) is 9.47 Å². The molecule has 0 unspecified atom stereocenters. The summed E-state index contributed by atoms with van der Waals surface area (Å²) in [4.78, 5) is 14.9. The molecule has 8 nitrogen and oxygen atoms in total. The van der Waals surface area contributed by atoms with Gasteiger partial charge in [0.1, 0.15) is 16.4 Å². The lowest BCUT2D eigenvalue weighted by molar-refractivity contribution is 0.0697. The van der Waals surface area contributed by atoms with Crippen LogP contribution in [0.1, 0.15) is 41.6 Å². The second-order valence-electron chi connectivity index (χ2n) is 7.96. The Morgan fingerprint density at radius 1 is 1.00 bits per heavy atom. The number of hydrogen-bond donors (Lipinski definition) is 0. The van der Waals surface area contributed by atoms with Gasteiger partial charge in [0.2, 0.25) is 10.0 Å². The fraction of sp³-hybridized carbons (Fsp3) is 0.500. The fourth-order valence-corrected chi connectivity index (χ4v) is 5.81. The van der Waals surface area contributed by atoms with E-state index in [1.54, 1.807) is 17.0 Å². The van der Waals surface area contributed by atoms with Crippen molar-refractivity contribution in [2.45, 2.75) is 38.6 Å². The number of benzene rings is 1. The first-order valence-corrected chi connectivity index (χ1v) is 11.8. The number of aromatic nitrogens is 1. The van der Waals surface area contributed by atoms with Crippen molar-refractivity contribution in [2.24, 2.45) is 0 Å². The zero-order valence-electron chi connectivity index (χ0n) is 19.0. The summed E-state index contributed by atoms with van der Waals surface area (Å²) in [6.07, 6.45) is 0. The maximum atomic E-state index is 13.2. The molecule has 1 amide bonds. The summed E-state index contributed by atoms with van der Waals surface area (Å²) in [5, 5.41) is 0. The first kappa shape index (κ1) is 23.1. The highest BCUT2D eigenvalue weighted by molar-refractivity contribution is 7.89. The highest BCUT2D eigenvalue weighted by Crippen LogP contribution is 2.31. The Hall–Kier alpha value is -2.52. The predicted molar refractivity (Wildman–Crippen MR) is 118 cm³/mol. The Balaban J connectivity index is 1.78. The third-order valence-electron chi connectivity index (χ3n) is 5.75. The molecular formula is C22H31N3O5S. The number of nitrogens with zero attached hydrogens (tertiary/aromatic N) is 3. The van der Waals surface area contributed by atoms with Crippen LogP contribution in [0.4, 0.5) is 0 Å². The van der Waals surface area contributed by atoms with Crippen LogP contribution in [0.5, 0.6) is 11.5 Å². The molecule has 1 aromatic carbocycles. The van der Waals surface area contributed by atoms with Crippen LogP contribution in [0.2, 0.25) is 0 Å². The topological polar surface area (TPSA) is 81.1 Å². The van der Waals surface area contributed by atoms with Gasteiger partial charge >= 0.3 is 0 Å². The average Bonchev–Trinajstić information content (AvgIpc) is 3.06. The highest BCUT2D eigenvalue weighted by atomic mass is 32.2. The zero-order valence-corrected chi connectivity index (χ0v) is 19.8. The summed E-state index contributed by atoms with van der Waals surface area (Å²) in [6, 6.07) is 6.88. The molecule has 0 spiro atoms. The van der Waals surface area contributed by atoms with Crippen LogP contribution in [-0.4, -0.2) is 68.5 Å². The Labute approximate surface area is 184 Å². The quantitative estimate of drug-likeness (QED) is 0.677. The molecule has 2 aromatic rings. The van der Waals surface area contributed by atoms with Gasteiger partial charge in [-0.3, -0.25) is 4.79 Å². The number of carbonyl (C=O) groups is 1. The molecule has 0 bridgehead atoms. The van der Waals surface area contributed by atoms with Crippen molar-refractivity contribution in [3.05, 3.63) is 41.2 Å². The van der Waals surface area contributed by atoms with Crippen molar-refractivity contribution in [1.82, 2.24) is 13.8 Å². The molecule has 170 valence electrons. The van der Waals surface area contributed by atoms with E-state index in [1.165, 1.54) is 24.6 Å². The molecule has 0 aliphatic carbocycles. The van der Waals surface area contributed by atoms with Crippen LogP contribution < -0.4 is 9.47 Å². The van der Waals surface area contributed by atoms with E-state index in [-0.39, 0.29) is 35.7 Å². The van der Waals surface area contributed by atoms with Crippen LogP contribution in [0.3, 0.4) is 0 Å². The van der Waals surface area contributed by atoms with E-state index in [9.17, 15) is 13.2 Å². The van der Waals surface area contributed by atoms with Crippen molar-refractivity contribution in [3.63, 3.8) is 0 Å². The van der Waals surface area contributed by atoms with Gasteiger partial charge < -0.3 is 18.9 Å². The molecule has 0 radical (unpaired) electrons. The minimum atomic E-state index is -3.79. The fourth-order valence-electron chi connectivity index (χ4n) is 4.21. The highest BCUT2D eigenvalue weighted by Gasteiger charge is 2.33. The molecular weight excluding hydrogens is 418 g/mol. The number of piperazine rings is 1. The monoisotopic (exact) mass is 449 g/mol. The van der Waals surface area contributed by atoms with Crippen molar-refractivity contribution >= 4 is 15.9 Å². The number of ether oxygens (including phenoxy) is 2. The van der Waals surface area contributed by atoms with Gasteiger partial charge in [0, 0.05) is 49.7 Å². The largest absolute Gasteiger partial charge is 0.497 e. The number of sulfonamides is 1. The van der Waals surface area contributed by atoms with Gasteiger partial charge in [0.25, 0.3) is 5.91 Å². The van der Waals surface area contributed by atoms with Gasteiger partial charge in [-0.25, -0.2) is 8.42 Å². The van der Waals surface area contributed by atoms with Gasteiger partial charge in [0.15, 0.2) is 0 Å². The van der Waals surface area contributed by atoms with E-state index >= 15 is 0 Å². The summed E-state index contributed by atoms with van der Waals surface area (Å²) in [5.41, 5.74) is 2.66. The summed E-state index contributed by atoms with van der Waals surface area (Å²) >= 11 is 0. The van der Waals surface area contributed by atoms with Crippen molar-refractivity contribution in [3.8, 4) is 11.5 Å². The van der Waals surface area contributed by atoms with Gasteiger partial charge in [0.05, 0.1) is 19.8 Å². The molecule has 2 heterocycles. The number of hydrogen-bond acceptors (Lipinski definition) is 5. The van der Waals surface area contributed by atoms with Gasteiger partial charge in [-0.05, 0) is 45.9 Å². The molecule has 1 aliphatic rings. The number of amides is 1. The standard InChI is InChI=1S/C22H31N3O5S/c1-15(2)25-16(3)13-19(17(25)4)22(26)23-9-11-24(12-10-23)31(27,28)21-14-18(29-5)7-8-20(21)30-6/h7-8,13-15H,9-12H2,1-6H3.